The second-order valence-corrected chi connectivity index (χ2v) is 7.14. The molecule has 106 valence electrons. The zero-order valence-electron chi connectivity index (χ0n) is 11.3. The molecular weight excluding hydrogens is 297 g/mol. The first-order valence-electron chi connectivity index (χ1n) is 7.00. The lowest BCUT2D eigenvalue weighted by atomic mass is 9.99. The standard InChI is InChI=1S/C15H21Cl2NS/c1-2-18-14(15-8-3-4-9-19-15)10-11-12(16)6-5-7-13(11)17/h5-7,14-15,18H,2-4,8-10H2,1H3. The number of thioether (sulfide) groups is 1. The van der Waals surface area contributed by atoms with E-state index < -0.39 is 0 Å². The quantitative estimate of drug-likeness (QED) is 0.837. The van der Waals surface area contributed by atoms with Crippen LogP contribution in [0.25, 0.3) is 0 Å². The number of hydrogen-bond donors (Lipinski definition) is 1. The van der Waals surface area contributed by atoms with Gasteiger partial charge in [-0.2, -0.15) is 11.8 Å². The van der Waals surface area contributed by atoms with Crippen LogP contribution in [0, 0.1) is 0 Å². The molecule has 0 bridgehead atoms. The van der Waals surface area contributed by atoms with Crippen LogP contribution in [0.4, 0.5) is 0 Å². The molecule has 2 atom stereocenters. The molecule has 0 radical (unpaired) electrons. The highest BCUT2D eigenvalue weighted by Gasteiger charge is 2.25. The molecule has 2 unspecified atom stereocenters. The number of rotatable bonds is 5. The predicted molar refractivity (Wildman–Crippen MR) is 87.7 cm³/mol. The molecule has 0 saturated carbocycles. The van der Waals surface area contributed by atoms with E-state index in [1.807, 2.05) is 18.2 Å². The Morgan fingerprint density at radius 2 is 2.05 bits per heavy atom. The summed E-state index contributed by atoms with van der Waals surface area (Å²) in [6.45, 7) is 3.15. The van der Waals surface area contributed by atoms with Gasteiger partial charge in [0, 0.05) is 21.3 Å². The molecule has 1 aliphatic rings. The minimum Gasteiger partial charge on any atom is -0.313 e. The van der Waals surface area contributed by atoms with Gasteiger partial charge in [-0.1, -0.05) is 42.6 Å². The van der Waals surface area contributed by atoms with Crippen LogP contribution in [0.15, 0.2) is 18.2 Å². The fraction of sp³-hybridized carbons (Fsp3) is 0.600. The maximum absolute atomic E-state index is 6.29. The first kappa shape index (κ1) is 15.5. The largest absolute Gasteiger partial charge is 0.313 e. The smallest absolute Gasteiger partial charge is 0.0453 e. The van der Waals surface area contributed by atoms with Gasteiger partial charge in [0.1, 0.15) is 0 Å². The summed E-state index contributed by atoms with van der Waals surface area (Å²) in [5.41, 5.74) is 1.09. The topological polar surface area (TPSA) is 12.0 Å². The van der Waals surface area contributed by atoms with Crippen molar-refractivity contribution in [3.8, 4) is 0 Å². The Hall–Kier alpha value is 0.110. The van der Waals surface area contributed by atoms with E-state index in [1.165, 1.54) is 25.0 Å². The van der Waals surface area contributed by atoms with E-state index in [0.29, 0.717) is 11.3 Å². The van der Waals surface area contributed by atoms with Crippen molar-refractivity contribution in [2.75, 3.05) is 12.3 Å². The molecule has 1 saturated heterocycles. The lowest BCUT2D eigenvalue weighted by molar-refractivity contribution is 0.472. The Bertz CT molecular complexity index is 385. The third-order valence-electron chi connectivity index (χ3n) is 3.62. The van der Waals surface area contributed by atoms with E-state index in [2.05, 4.69) is 24.0 Å². The Morgan fingerprint density at radius 1 is 1.32 bits per heavy atom. The number of likely N-dealkylation sites (N-methyl/N-ethyl adjacent to an activating group) is 1. The summed E-state index contributed by atoms with van der Waals surface area (Å²) in [5.74, 6) is 1.28. The molecule has 1 aliphatic heterocycles. The van der Waals surface area contributed by atoms with Gasteiger partial charge in [-0.15, -0.1) is 0 Å². The summed E-state index contributed by atoms with van der Waals surface area (Å²) in [4.78, 5) is 0. The van der Waals surface area contributed by atoms with Crippen molar-refractivity contribution in [2.24, 2.45) is 0 Å². The minimum absolute atomic E-state index is 0.465. The lowest BCUT2D eigenvalue weighted by Gasteiger charge is -2.31. The molecule has 1 nitrogen and oxygen atoms in total. The van der Waals surface area contributed by atoms with Gasteiger partial charge in [0.05, 0.1) is 0 Å². The van der Waals surface area contributed by atoms with Gasteiger partial charge >= 0.3 is 0 Å². The SMILES string of the molecule is CCNC(Cc1c(Cl)cccc1Cl)C1CCCCS1. The molecule has 0 aromatic heterocycles. The fourth-order valence-corrected chi connectivity index (χ4v) is 4.61. The fourth-order valence-electron chi connectivity index (χ4n) is 2.63. The molecule has 2 rings (SSSR count). The summed E-state index contributed by atoms with van der Waals surface area (Å²) in [6.07, 6.45) is 4.91. The summed E-state index contributed by atoms with van der Waals surface area (Å²) in [6, 6.07) is 6.23. The lowest BCUT2D eigenvalue weighted by Crippen LogP contribution is -2.41. The maximum atomic E-state index is 6.29. The van der Waals surface area contributed by atoms with Crippen LogP contribution < -0.4 is 5.32 Å². The summed E-state index contributed by atoms with van der Waals surface area (Å²) >= 11 is 14.7. The average Bonchev–Trinajstić information content (AvgIpc) is 2.43. The van der Waals surface area contributed by atoms with E-state index >= 15 is 0 Å². The van der Waals surface area contributed by atoms with Crippen molar-refractivity contribution in [1.29, 1.82) is 0 Å². The summed E-state index contributed by atoms with van der Waals surface area (Å²) in [5, 5.41) is 5.87. The Kier molecular flexibility index (Phi) is 6.34. The zero-order chi connectivity index (χ0) is 13.7. The van der Waals surface area contributed by atoms with E-state index in [0.717, 1.165) is 28.6 Å². The highest BCUT2D eigenvalue weighted by atomic mass is 35.5. The van der Waals surface area contributed by atoms with Crippen molar-refractivity contribution >= 4 is 35.0 Å². The number of nitrogens with one attached hydrogen (secondary N) is 1. The highest BCUT2D eigenvalue weighted by Crippen LogP contribution is 2.32. The predicted octanol–water partition coefficient (Wildman–Crippen LogP) is 4.80. The van der Waals surface area contributed by atoms with E-state index in [-0.39, 0.29) is 0 Å². The molecule has 19 heavy (non-hydrogen) atoms. The van der Waals surface area contributed by atoms with Crippen molar-refractivity contribution in [2.45, 2.75) is 43.9 Å². The van der Waals surface area contributed by atoms with Crippen molar-refractivity contribution < 1.29 is 0 Å². The third-order valence-corrected chi connectivity index (χ3v) is 5.84. The molecule has 1 heterocycles. The van der Waals surface area contributed by atoms with Gasteiger partial charge in [-0.05, 0) is 49.3 Å². The zero-order valence-corrected chi connectivity index (χ0v) is 13.6. The van der Waals surface area contributed by atoms with Gasteiger partial charge < -0.3 is 5.32 Å². The Balaban J connectivity index is 2.11. The first-order valence-corrected chi connectivity index (χ1v) is 8.80. The normalized spacial score (nSPS) is 21.3. The average molecular weight is 318 g/mol. The van der Waals surface area contributed by atoms with E-state index in [9.17, 15) is 0 Å². The Labute approximate surface area is 130 Å². The number of benzene rings is 1. The van der Waals surface area contributed by atoms with Crippen molar-refractivity contribution in [3.05, 3.63) is 33.8 Å². The van der Waals surface area contributed by atoms with Gasteiger partial charge in [0.2, 0.25) is 0 Å². The minimum atomic E-state index is 0.465. The third kappa shape index (κ3) is 4.29. The molecule has 1 aromatic rings. The van der Waals surface area contributed by atoms with Gasteiger partial charge in [0.25, 0.3) is 0 Å². The Morgan fingerprint density at radius 3 is 2.63 bits per heavy atom. The van der Waals surface area contributed by atoms with Crippen LogP contribution >= 0.6 is 35.0 Å². The van der Waals surface area contributed by atoms with Gasteiger partial charge in [-0.3, -0.25) is 0 Å². The van der Waals surface area contributed by atoms with Gasteiger partial charge in [0.15, 0.2) is 0 Å². The van der Waals surface area contributed by atoms with Crippen LogP contribution in [0.2, 0.25) is 10.0 Å². The molecule has 4 heteroatoms. The summed E-state index contributed by atoms with van der Waals surface area (Å²) < 4.78 is 0. The van der Waals surface area contributed by atoms with Crippen LogP contribution in [-0.2, 0) is 6.42 Å². The summed E-state index contributed by atoms with van der Waals surface area (Å²) in [7, 11) is 0. The van der Waals surface area contributed by atoms with Crippen LogP contribution in [-0.4, -0.2) is 23.6 Å². The van der Waals surface area contributed by atoms with Crippen LogP contribution in [0.3, 0.4) is 0 Å². The molecule has 1 fully saturated rings. The van der Waals surface area contributed by atoms with E-state index in [1.54, 1.807) is 0 Å². The monoisotopic (exact) mass is 317 g/mol. The molecule has 1 aromatic carbocycles. The number of halogens is 2. The first-order chi connectivity index (χ1) is 9.22. The second-order valence-electron chi connectivity index (χ2n) is 4.97. The van der Waals surface area contributed by atoms with Crippen molar-refractivity contribution in [1.82, 2.24) is 5.32 Å². The van der Waals surface area contributed by atoms with Crippen LogP contribution in [0.1, 0.15) is 31.7 Å². The number of hydrogen-bond acceptors (Lipinski definition) is 2. The molecular formula is C15H21Cl2NS. The van der Waals surface area contributed by atoms with Crippen LogP contribution in [0.5, 0.6) is 0 Å². The molecule has 1 N–H and O–H groups in total. The van der Waals surface area contributed by atoms with E-state index in [4.69, 9.17) is 23.2 Å². The molecule has 0 amide bonds. The highest BCUT2D eigenvalue weighted by molar-refractivity contribution is 8.00. The van der Waals surface area contributed by atoms with Gasteiger partial charge in [-0.25, -0.2) is 0 Å². The molecule has 0 aliphatic carbocycles. The molecule has 0 spiro atoms. The maximum Gasteiger partial charge on any atom is 0.0453 e. The second kappa shape index (κ2) is 7.78. The van der Waals surface area contributed by atoms with Crippen molar-refractivity contribution in [3.63, 3.8) is 0 Å².